The van der Waals surface area contributed by atoms with Crippen molar-refractivity contribution in [3.8, 4) is 0 Å². The summed E-state index contributed by atoms with van der Waals surface area (Å²) >= 11 is 3.31. The van der Waals surface area contributed by atoms with Crippen LogP contribution in [0.15, 0.2) is 70.6 Å². The summed E-state index contributed by atoms with van der Waals surface area (Å²) in [6, 6.07) is 19.8. The topological polar surface area (TPSA) is 77.4 Å². The molecule has 4 rings (SSSR count). The lowest BCUT2D eigenvalue weighted by atomic mass is 10.1. The SMILES string of the molecule is CCS(=O)(=O)NC(CSC(=Nc1ccccc1)N1CCCCC1)CSC(=Nc1ccccc1)N1CCCCC1. The van der Waals surface area contributed by atoms with Gasteiger partial charge < -0.3 is 9.80 Å². The lowest BCUT2D eigenvalue weighted by Gasteiger charge is -2.31. The van der Waals surface area contributed by atoms with Crippen LogP contribution in [0.25, 0.3) is 0 Å². The monoisotopic (exact) mass is 587 g/mol. The van der Waals surface area contributed by atoms with Gasteiger partial charge in [0.05, 0.1) is 17.1 Å². The van der Waals surface area contributed by atoms with E-state index in [1.165, 1.54) is 12.8 Å². The van der Waals surface area contributed by atoms with Gasteiger partial charge in [-0.05, 0) is 69.7 Å². The van der Waals surface area contributed by atoms with Gasteiger partial charge >= 0.3 is 0 Å². The summed E-state index contributed by atoms with van der Waals surface area (Å²) in [6.45, 7) is 5.64. The molecule has 0 aromatic heterocycles. The molecule has 1 N–H and O–H groups in total. The average Bonchev–Trinajstić information content (AvgIpc) is 2.99. The predicted octanol–water partition coefficient (Wildman–Crippen LogP) is 6.11. The Morgan fingerprint density at radius 1 is 0.744 bits per heavy atom. The van der Waals surface area contributed by atoms with E-state index in [4.69, 9.17) is 9.98 Å². The normalized spacial score (nSPS) is 18.3. The number of hydrogen-bond acceptors (Lipinski definition) is 6. The molecule has 2 fully saturated rings. The Morgan fingerprint density at radius 2 is 1.15 bits per heavy atom. The summed E-state index contributed by atoms with van der Waals surface area (Å²) in [6.07, 6.45) is 7.12. The fourth-order valence-electron chi connectivity index (χ4n) is 4.59. The second kappa shape index (κ2) is 15.7. The average molecular weight is 588 g/mol. The van der Waals surface area contributed by atoms with E-state index in [9.17, 15) is 8.42 Å². The van der Waals surface area contributed by atoms with E-state index in [1.54, 1.807) is 30.4 Å². The third-order valence-electron chi connectivity index (χ3n) is 6.77. The lowest BCUT2D eigenvalue weighted by molar-refractivity contribution is 0.348. The highest BCUT2D eigenvalue weighted by Gasteiger charge is 2.23. The Bertz CT molecular complexity index is 1090. The molecule has 7 nitrogen and oxygen atoms in total. The molecule has 2 heterocycles. The predicted molar refractivity (Wildman–Crippen MR) is 169 cm³/mol. The lowest BCUT2D eigenvalue weighted by Crippen LogP contribution is -2.42. The fourth-order valence-corrected chi connectivity index (χ4v) is 7.96. The number of hydrogen-bond donors (Lipinski definition) is 1. The molecule has 0 unspecified atom stereocenters. The molecule has 212 valence electrons. The van der Waals surface area contributed by atoms with E-state index in [2.05, 4.69) is 14.5 Å². The van der Waals surface area contributed by atoms with Crippen molar-refractivity contribution in [3.05, 3.63) is 60.7 Å². The van der Waals surface area contributed by atoms with E-state index < -0.39 is 10.0 Å². The molecule has 0 amide bonds. The van der Waals surface area contributed by atoms with E-state index in [-0.39, 0.29) is 11.8 Å². The first-order valence-electron chi connectivity index (χ1n) is 14.1. The molecular formula is C29H41N5O2S3. The van der Waals surface area contributed by atoms with Crippen LogP contribution < -0.4 is 4.72 Å². The molecule has 2 saturated heterocycles. The highest BCUT2D eigenvalue weighted by atomic mass is 32.2. The van der Waals surface area contributed by atoms with Gasteiger partial charge in [0, 0.05) is 43.7 Å². The third-order valence-corrected chi connectivity index (χ3v) is 10.6. The van der Waals surface area contributed by atoms with Crippen molar-refractivity contribution in [1.29, 1.82) is 0 Å². The van der Waals surface area contributed by atoms with Crippen molar-refractivity contribution in [2.75, 3.05) is 43.4 Å². The van der Waals surface area contributed by atoms with Crippen molar-refractivity contribution in [1.82, 2.24) is 14.5 Å². The number of amidine groups is 2. The quantitative estimate of drug-likeness (QED) is 0.282. The van der Waals surface area contributed by atoms with Crippen LogP contribution in [0.3, 0.4) is 0 Å². The van der Waals surface area contributed by atoms with Crippen molar-refractivity contribution in [3.63, 3.8) is 0 Å². The van der Waals surface area contributed by atoms with Crippen LogP contribution in [0.2, 0.25) is 0 Å². The van der Waals surface area contributed by atoms with Crippen LogP contribution in [0.1, 0.15) is 45.4 Å². The second-order valence-electron chi connectivity index (χ2n) is 9.90. The van der Waals surface area contributed by atoms with Crippen molar-refractivity contribution in [2.24, 2.45) is 9.98 Å². The van der Waals surface area contributed by atoms with Crippen LogP contribution in [0.5, 0.6) is 0 Å². The smallest absolute Gasteiger partial charge is 0.211 e. The zero-order valence-electron chi connectivity index (χ0n) is 22.9. The summed E-state index contributed by atoms with van der Waals surface area (Å²) in [4.78, 5) is 14.7. The van der Waals surface area contributed by atoms with Crippen LogP contribution in [-0.4, -0.2) is 78.0 Å². The summed E-state index contributed by atoms with van der Waals surface area (Å²) in [7, 11) is -3.37. The van der Waals surface area contributed by atoms with E-state index in [1.807, 2.05) is 60.7 Å². The molecule has 0 saturated carbocycles. The molecule has 0 spiro atoms. The Kier molecular flexibility index (Phi) is 12.1. The summed E-state index contributed by atoms with van der Waals surface area (Å²) < 4.78 is 28.3. The second-order valence-corrected chi connectivity index (χ2v) is 13.9. The Labute approximate surface area is 243 Å². The van der Waals surface area contributed by atoms with Crippen molar-refractivity contribution < 1.29 is 8.42 Å². The molecule has 10 heteroatoms. The van der Waals surface area contributed by atoms with Gasteiger partial charge in [-0.2, -0.15) is 0 Å². The summed E-state index contributed by atoms with van der Waals surface area (Å²) in [5, 5.41) is 1.95. The van der Waals surface area contributed by atoms with Gasteiger partial charge in [-0.25, -0.2) is 23.1 Å². The highest BCUT2D eigenvalue weighted by Crippen LogP contribution is 2.25. The zero-order valence-corrected chi connectivity index (χ0v) is 25.3. The minimum atomic E-state index is -3.37. The van der Waals surface area contributed by atoms with Gasteiger partial charge in [-0.15, -0.1) is 0 Å². The molecule has 2 aromatic carbocycles. The molecule has 0 bridgehead atoms. The van der Waals surface area contributed by atoms with Gasteiger partial charge in [-0.3, -0.25) is 0 Å². The summed E-state index contributed by atoms with van der Waals surface area (Å²) in [5.74, 6) is 1.27. The Balaban J connectivity index is 1.51. The molecule has 2 aliphatic heterocycles. The number of thioether (sulfide) groups is 2. The number of benzene rings is 2. The maximum Gasteiger partial charge on any atom is 0.211 e. The standard InChI is InChI=1S/C29H41N5O2S3/c1-2-39(35,36)32-27(23-37-28(33-19-11-5-12-20-33)30-25-15-7-3-8-16-25)24-38-29(34-21-13-6-14-22-34)31-26-17-9-4-10-18-26/h3-4,7-10,15-18,27,32H,2,5-6,11-14,19-24H2,1H3. The maximum atomic E-state index is 12.7. The van der Waals surface area contributed by atoms with Gasteiger partial charge in [0.15, 0.2) is 10.3 Å². The largest absolute Gasteiger partial charge is 0.351 e. The number of rotatable bonds is 9. The van der Waals surface area contributed by atoms with Gasteiger partial charge in [0.25, 0.3) is 0 Å². The van der Waals surface area contributed by atoms with E-state index in [0.29, 0.717) is 11.5 Å². The van der Waals surface area contributed by atoms with Crippen LogP contribution in [-0.2, 0) is 10.0 Å². The number of sulfonamides is 1. The van der Waals surface area contributed by atoms with Crippen molar-refractivity contribution >= 4 is 55.3 Å². The fraction of sp³-hybridized carbons (Fsp3) is 0.517. The number of aliphatic imine (C=N–C) groups is 2. The Hall–Kier alpha value is -2.01. The van der Waals surface area contributed by atoms with Gasteiger partial charge in [0.2, 0.25) is 10.0 Å². The highest BCUT2D eigenvalue weighted by molar-refractivity contribution is 8.14. The number of likely N-dealkylation sites (tertiary alicyclic amines) is 2. The van der Waals surface area contributed by atoms with E-state index >= 15 is 0 Å². The number of para-hydroxylation sites is 2. The molecule has 2 aromatic rings. The molecule has 0 radical (unpaired) electrons. The molecule has 0 aliphatic carbocycles. The first-order chi connectivity index (χ1) is 19.0. The van der Waals surface area contributed by atoms with Crippen molar-refractivity contribution in [2.45, 2.75) is 51.5 Å². The van der Waals surface area contributed by atoms with Crippen LogP contribution in [0, 0.1) is 0 Å². The third kappa shape index (κ3) is 10.2. The van der Waals surface area contributed by atoms with Crippen LogP contribution >= 0.6 is 23.5 Å². The van der Waals surface area contributed by atoms with Gasteiger partial charge in [0.1, 0.15) is 0 Å². The van der Waals surface area contributed by atoms with Crippen LogP contribution in [0.4, 0.5) is 11.4 Å². The van der Waals surface area contributed by atoms with E-state index in [0.717, 1.165) is 73.6 Å². The molecular weight excluding hydrogens is 547 g/mol. The number of piperidine rings is 2. The van der Waals surface area contributed by atoms with Gasteiger partial charge in [-0.1, -0.05) is 59.9 Å². The number of nitrogens with zero attached hydrogens (tertiary/aromatic N) is 4. The maximum absolute atomic E-state index is 12.7. The molecule has 2 aliphatic rings. The molecule has 39 heavy (non-hydrogen) atoms. The minimum Gasteiger partial charge on any atom is -0.351 e. The first-order valence-corrected chi connectivity index (χ1v) is 17.7. The zero-order chi connectivity index (χ0) is 27.3. The first kappa shape index (κ1) is 30.0. The number of nitrogens with one attached hydrogen (secondary N) is 1. The summed E-state index contributed by atoms with van der Waals surface area (Å²) in [5.41, 5.74) is 1.85. The Morgan fingerprint density at radius 3 is 1.54 bits per heavy atom. The minimum absolute atomic E-state index is 0.0625. The molecule has 0 atom stereocenters.